The quantitative estimate of drug-likeness (QED) is 0.277. The maximum atomic E-state index is 14.0. The van der Waals surface area contributed by atoms with Crippen LogP contribution in [-0.4, -0.2) is 83.4 Å². The van der Waals surface area contributed by atoms with E-state index in [9.17, 15) is 28.7 Å². The molecule has 42 heavy (non-hydrogen) atoms. The van der Waals surface area contributed by atoms with Crippen LogP contribution in [0.2, 0.25) is 5.02 Å². The lowest BCUT2D eigenvalue weighted by atomic mass is 9.95. The van der Waals surface area contributed by atoms with Crippen molar-refractivity contribution < 1.29 is 52.5 Å². The number of amides is 1. The summed E-state index contributed by atoms with van der Waals surface area (Å²) in [5.74, 6) is -6.61. The number of morpholine rings is 1. The third-order valence-electron chi connectivity index (χ3n) is 6.86. The van der Waals surface area contributed by atoms with E-state index < -0.39 is 70.4 Å². The zero-order chi connectivity index (χ0) is 30.2. The number of nitrogens with zero attached hydrogens (tertiary/aromatic N) is 2. The van der Waals surface area contributed by atoms with Gasteiger partial charge in [0.25, 0.3) is 5.91 Å². The monoisotopic (exact) mass is 607 g/mol. The fraction of sp³-hybridized carbons (Fsp3) is 0.407. The minimum atomic E-state index is -2.72. The maximum Gasteiger partial charge on any atom is 0.344 e. The van der Waals surface area contributed by atoms with Gasteiger partial charge in [-0.3, -0.25) is 14.5 Å². The van der Waals surface area contributed by atoms with Crippen LogP contribution in [0.15, 0.2) is 24.3 Å². The Labute approximate surface area is 243 Å². The van der Waals surface area contributed by atoms with Crippen molar-refractivity contribution in [3.63, 3.8) is 0 Å². The Balaban J connectivity index is 1.53. The lowest BCUT2D eigenvalue weighted by Gasteiger charge is -2.36. The van der Waals surface area contributed by atoms with Gasteiger partial charge in [0, 0.05) is 19.6 Å². The van der Waals surface area contributed by atoms with Crippen LogP contribution in [0.3, 0.4) is 0 Å². The topological polar surface area (TPSA) is 167 Å². The number of esters is 2. The average molecular weight is 608 g/mol. The number of hydroxylamine groups is 2. The van der Waals surface area contributed by atoms with Crippen LogP contribution in [0.4, 0.5) is 10.1 Å². The molecule has 4 aliphatic heterocycles. The molecule has 2 unspecified atom stereocenters. The van der Waals surface area contributed by atoms with Crippen LogP contribution in [0.5, 0.6) is 17.2 Å². The van der Waals surface area contributed by atoms with E-state index in [1.807, 2.05) is 4.90 Å². The Morgan fingerprint density at radius 2 is 1.83 bits per heavy atom. The van der Waals surface area contributed by atoms with Gasteiger partial charge < -0.3 is 34.6 Å². The molecule has 4 aliphatic rings. The number of aliphatic hydroxyl groups is 1. The summed E-state index contributed by atoms with van der Waals surface area (Å²) < 4.78 is 35.5. The first-order valence-corrected chi connectivity index (χ1v) is 13.4. The Morgan fingerprint density at radius 3 is 2.55 bits per heavy atom. The average Bonchev–Trinajstić information content (AvgIpc) is 2.93. The molecule has 3 N–H and O–H groups in total. The summed E-state index contributed by atoms with van der Waals surface area (Å²) >= 11 is 6.39. The largest absolute Gasteiger partial charge is 0.489 e. The number of carbonyl (C=O) groups is 4. The SMILES string of the molecule is CCOc1c2c(N)c(Cl)c3c1C(=O)N(CC1CN(Cc4ccc(F)cc4)CCO1)OC(=O)CC(O)(CC(=O)O2)C(=O)O3. The fourth-order valence-electron chi connectivity index (χ4n) is 4.88. The molecule has 15 heteroatoms. The Bertz CT molecular complexity index is 1440. The molecule has 0 aliphatic carbocycles. The van der Waals surface area contributed by atoms with Crippen molar-refractivity contribution in [1.29, 1.82) is 0 Å². The van der Waals surface area contributed by atoms with Crippen molar-refractivity contribution >= 4 is 41.1 Å². The molecule has 0 radical (unpaired) electrons. The van der Waals surface area contributed by atoms with Crippen LogP contribution >= 0.6 is 11.6 Å². The van der Waals surface area contributed by atoms with Crippen molar-refractivity contribution in [3.05, 3.63) is 46.2 Å². The van der Waals surface area contributed by atoms with Crippen LogP contribution < -0.4 is 19.9 Å². The maximum absolute atomic E-state index is 14.0. The zero-order valence-corrected chi connectivity index (χ0v) is 23.1. The van der Waals surface area contributed by atoms with Gasteiger partial charge in [0.15, 0.2) is 22.8 Å². The first-order chi connectivity index (χ1) is 20.0. The van der Waals surface area contributed by atoms with Crippen molar-refractivity contribution in [1.82, 2.24) is 9.96 Å². The Hall–Kier alpha value is -3.98. The molecule has 1 saturated heterocycles. The predicted molar refractivity (Wildman–Crippen MR) is 141 cm³/mol. The Kier molecular flexibility index (Phi) is 8.23. The second-order valence-corrected chi connectivity index (χ2v) is 10.3. The van der Waals surface area contributed by atoms with E-state index in [2.05, 4.69) is 0 Å². The number of fused-ring (bicyclic) bond motifs is 3. The van der Waals surface area contributed by atoms with Gasteiger partial charge in [-0.2, -0.15) is 5.06 Å². The first-order valence-electron chi connectivity index (χ1n) is 13.0. The fourth-order valence-corrected chi connectivity index (χ4v) is 5.09. The standard InChI is InChI=1S/C27H27ClFN3O10/c1-2-38-23-19-22-20(28)21(30)24(23)40-17(33)9-27(37,26(36)41-22)10-18(34)42-32(25(19)35)13-16-12-31(7-8-39-16)11-14-3-5-15(29)6-4-14/h3-6,16,37H,2,7-13,30H2,1H3. The molecule has 224 valence electrons. The number of benzene rings is 2. The number of nitrogens with two attached hydrogens (primary N) is 1. The number of carbonyl (C=O) groups excluding carboxylic acids is 4. The summed E-state index contributed by atoms with van der Waals surface area (Å²) in [6.45, 7) is 2.83. The van der Waals surface area contributed by atoms with Gasteiger partial charge in [-0.15, -0.1) is 0 Å². The highest BCUT2D eigenvalue weighted by atomic mass is 35.5. The van der Waals surface area contributed by atoms with Gasteiger partial charge in [0.2, 0.25) is 0 Å². The second kappa shape index (κ2) is 11.7. The molecule has 2 aromatic carbocycles. The molecule has 4 bridgehead atoms. The molecule has 0 saturated carbocycles. The van der Waals surface area contributed by atoms with Crippen molar-refractivity contribution in [3.8, 4) is 17.2 Å². The second-order valence-electron chi connectivity index (χ2n) is 9.96. The molecule has 1 amide bonds. The van der Waals surface area contributed by atoms with Crippen LogP contribution in [0.1, 0.15) is 35.7 Å². The molecule has 1 fully saturated rings. The van der Waals surface area contributed by atoms with Crippen LogP contribution in [0, 0.1) is 5.82 Å². The molecule has 0 spiro atoms. The molecule has 6 rings (SSSR count). The third-order valence-corrected chi connectivity index (χ3v) is 7.23. The van der Waals surface area contributed by atoms with Crippen molar-refractivity contribution in [2.75, 3.05) is 38.6 Å². The van der Waals surface area contributed by atoms with E-state index in [1.165, 1.54) is 12.1 Å². The van der Waals surface area contributed by atoms with Gasteiger partial charge in [0.05, 0.1) is 38.7 Å². The van der Waals surface area contributed by atoms with E-state index in [4.69, 9.17) is 41.1 Å². The van der Waals surface area contributed by atoms with E-state index in [-0.39, 0.29) is 37.0 Å². The first kappa shape index (κ1) is 29.5. The normalized spacial score (nSPS) is 23.0. The minimum Gasteiger partial charge on any atom is -0.489 e. The number of anilines is 1. The number of rotatable bonds is 6. The number of hydrogen-bond donors (Lipinski definition) is 2. The van der Waals surface area contributed by atoms with Crippen LogP contribution in [-0.2, 0) is 30.5 Å². The molecular weight excluding hydrogens is 581 g/mol. The van der Waals surface area contributed by atoms with E-state index in [0.717, 1.165) is 5.56 Å². The highest BCUT2D eigenvalue weighted by Gasteiger charge is 2.49. The summed E-state index contributed by atoms with van der Waals surface area (Å²) in [6.07, 6.45) is -2.73. The molecule has 0 aromatic heterocycles. The summed E-state index contributed by atoms with van der Waals surface area (Å²) in [5, 5.41) is 11.3. The van der Waals surface area contributed by atoms with Crippen molar-refractivity contribution in [2.24, 2.45) is 0 Å². The molecule has 2 aromatic rings. The van der Waals surface area contributed by atoms with E-state index >= 15 is 0 Å². The van der Waals surface area contributed by atoms with Gasteiger partial charge in [-0.25, -0.2) is 14.0 Å². The molecule has 13 nitrogen and oxygen atoms in total. The van der Waals surface area contributed by atoms with Gasteiger partial charge in [0.1, 0.15) is 22.1 Å². The van der Waals surface area contributed by atoms with Crippen LogP contribution in [0.25, 0.3) is 0 Å². The number of hydrogen-bond acceptors (Lipinski definition) is 12. The smallest absolute Gasteiger partial charge is 0.344 e. The van der Waals surface area contributed by atoms with Gasteiger partial charge >= 0.3 is 17.9 Å². The third kappa shape index (κ3) is 5.83. The van der Waals surface area contributed by atoms with E-state index in [1.54, 1.807) is 19.1 Å². The van der Waals surface area contributed by atoms with E-state index in [0.29, 0.717) is 24.7 Å². The highest BCUT2D eigenvalue weighted by molar-refractivity contribution is 6.36. The summed E-state index contributed by atoms with van der Waals surface area (Å²) in [5.41, 5.74) is 3.34. The lowest BCUT2D eigenvalue weighted by molar-refractivity contribution is -0.194. The predicted octanol–water partition coefficient (Wildman–Crippen LogP) is 1.61. The minimum absolute atomic E-state index is 0.0485. The number of nitrogen functional groups attached to an aromatic ring is 1. The Morgan fingerprint density at radius 1 is 1.12 bits per heavy atom. The lowest BCUT2D eigenvalue weighted by Crippen LogP contribution is -2.51. The summed E-state index contributed by atoms with van der Waals surface area (Å²) in [4.78, 5) is 60.2. The molecular formula is C27H27ClFN3O10. The van der Waals surface area contributed by atoms with Gasteiger partial charge in [-0.05, 0) is 24.6 Å². The molecule has 4 heterocycles. The van der Waals surface area contributed by atoms with Gasteiger partial charge in [-0.1, -0.05) is 23.7 Å². The highest BCUT2D eigenvalue weighted by Crippen LogP contribution is 2.51. The summed E-state index contributed by atoms with van der Waals surface area (Å²) in [6, 6.07) is 6.04. The van der Waals surface area contributed by atoms with Crippen molar-refractivity contribution in [2.45, 2.75) is 38.0 Å². The number of halogens is 2. The number of ether oxygens (including phenoxy) is 4. The zero-order valence-electron chi connectivity index (χ0n) is 22.4. The molecule has 2 atom stereocenters. The summed E-state index contributed by atoms with van der Waals surface area (Å²) in [7, 11) is 0.